The summed E-state index contributed by atoms with van der Waals surface area (Å²) in [5.74, 6) is 0. The summed E-state index contributed by atoms with van der Waals surface area (Å²) >= 11 is 0. The molecule has 3 aliphatic carbocycles. The Kier molecular flexibility index (Phi) is 8.16. The third-order valence-corrected chi connectivity index (χ3v) is 18.3. The van der Waals surface area contributed by atoms with Gasteiger partial charge in [0, 0.05) is 0 Å². The Hall–Kier alpha value is -9.56. The quantitative estimate of drug-likeness (QED) is 0.155. The molecule has 0 fully saturated rings. The predicted molar refractivity (Wildman–Crippen MR) is 313 cm³/mol. The number of benzene rings is 11. The molecule has 1 heteroatoms. The van der Waals surface area contributed by atoms with Crippen molar-refractivity contribution in [3.8, 4) is 55.6 Å². The molecule has 17 rings (SSSR count). The third-order valence-electron chi connectivity index (χ3n) is 18.3. The molecule has 76 heavy (non-hydrogen) atoms. The Balaban J connectivity index is 1.19. The van der Waals surface area contributed by atoms with Crippen LogP contribution in [0.5, 0.6) is 0 Å². The SMILES string of the molecule is C=C/C=C(\C=C)c1cc2c3c(c1)C1(c4ccccc4-c4ccccc41)c1cc(-c4ccccc4)cc4c1N3c1c(cc(-c3ccccc3)cc1C41c3ccccc3-c3ccccc31)C21c2ccccc2-c2ccccc21. The lowest BCUT2D eigenvalue weighted by Gasteiger charge is -2.57. The minimum absolute atomic E-state index is 0.747. The van der Waals surface area contributed by atoms with Crippen LogP contribution in [0.25, 0.3) is 61.2 Å². The van der Waals surface area contributed by atoms with Gasteiger partial charge in [-0.15, -0.1) is 0 Å². The minimum atomic E-state index is -0.768. The van der Waals surface area contributed by atoms with Crippen LogP contribution in [0.2, 0.25) is 0 Å². The molecular formula is C75H47N. The van der Waals surface area contributed by atoms with Gasteiger partial charge in [0.25, 0.3) is 0 Å². The fourth-order valence-corrected chi connectivity index (χ4v) is 15.7. The van der Waals surface area contributed by atoms with Crippen molar-refractivity contribution in [3.63, 3.8) is 0 Å². The molecule has 0 bridgehead atoms. The molecule has 0 saturated carbocycles. The van der Waals surface area contributed by atoms with Crippen LogP contribution in [-0.4, -0.2) is 0 Å². The van der Waals surface area contributed by atoms with E-state index in [0.717, 1.165) is 11.1 Å². The van der Waals surface area contributed by atoms with Crippen molar-refractivity contribution in [2.75, 3.05) is 4.90 Å². The highest BCUT2D eigenvalue weighted by molar-refractivity contribution is 6.09. The average Bonchev–Trinajstić information content (AvgIpc) is 4.20. The van der Waals surface area contributed by atoms with Crippen molar-refractivity contribution in [1.29, 1.82) is 0 Å². The monoisotopic (exact) mass is 961 g/mol. The van der Waals surface area contributed by atoms with Gasteiger partial charge in [0.05, 0.1) is 33.3 Å². The topological polar surface area (TPSA) is 3.24 Å². The highest BCUT2D eigenvalue weighted by Gasteiger charge is 2.64. The maximum Gasteiger partial charge on any atom is 0.0754 e. The van der Waals surface area contributed by atoms with E-state index in [1.165, 1.54) is 139 Å². The van der Waals surface area contributed by atoms with E-state index in [1.807, 2.05) is 12.2 Å². The Bertz CT molecular complexity index is 4090. The molecule has 0 unspecified atom stereocenters. The van der Waals surface area contributed by atoms with E-state index >= 15 is 0 Å². The van der Waals surface area contributed by atoms with Crippen LogP contribution >= 0.6 is 0 Å². The van der Waals surface area contributed by atoms with E-state index in [1.54, 1.807) is 0 Å². The van der Waals surface area contributed by atoms with Crippen molar-refractivity contribution in [2.45, 2.75) is 16.2 Å². The van der Waals surface area contributed by atoms with Gasteiger partial charge in [0.2, 0.25) is 0 Å². The molecule has 0 N–H and O–H groups in total. The lowest BCUT2D eigenvalue weighted by atomic mass is 9.53. The van der Waals surface area contributed by atoms with Crippen LogP contribution in [0.15, 0.2) is 274 Å². The van der Waals surface area contributed by atoms with Gasteiger partial charge >= 0.3 is 0 Å². The van der Waals surface area contributed by atoms with Gasteiger partial charge in [-0.3, -0.25) is 0 Å². The van der Waals surface area contributed by atoms with Gasteiger partial charge in [-0.25, -0.2) is 0 Å². The van der Waals surface area contributed by atoms with Crippen LogP contribution in [0.3, 0.4) is 0 Å². The summed E-state index contributed by atoms with van der Waals surface area (Å²) in [6.07, 6.45) is 6.07. The molecule has 0 atom stereocenters. The van der Waals surface area contributed by atoms with E-state index < -0.39 is 16.2 Å². The van der Waals surface area contributed by atoms with Crippen LogP contribution in [0, 0.1) is 0 Å². The maximum absolute atomic E-state index is 4.51. The molecule has 0 saturated heterocycles. The number of rotatable bonds is 5. The fraction of sp³-hybridized carbons (Fsp3) is 0.0400. The van der Waals surface area contributed by atoms with Crippen molar-refractivity contribution in [3.05, 3.63) is 346 Å². The summed E-state index contributed by atoms with van der Waals surface area (Å²) in [5.41, 5.74) is 31.6. The Morgan fingerprint density at radius 2 is 0.553 bits per heavy atom. The second-order valence-electron chi connectivity index (χ2n) is 21.4. The van der Waals surface area contributed by atoms with E-state index in [2.05, 4.69) is 267 Å². The second-order valence-corrected chi connectivity index (χ2v) is 21.4. The molecule has 1 nitrogen and oxygen atoms in total. The van der Waals surface area contributed by atoms with Gasteiger partial charge in [-0.05, 0) is 170 Å². The largest absolute Gasteiger partial charge is 0.308 e. The third kappa shape index (κ3) is 4.76. The summed E-state index contributed by atoms with van der Waals surface area (Å²) in [6.45, 7) is 8.78. The van der Waals surface area contributed by atoms with Crippen LogP contribution in [-0.2, 0) is 16.2 Å². The van der Waals surface area contributed by atoms with Gasteiger partial charge in [0.15, 0.2) is 0 Å². The standard InChI is InChI=1S/C75H47N/c1-3-23-46(4-2)49-40-64-70-65(41-49)74(60-36-19-13-30-54(60)55-31-14-20-37-61(55)74)67-43-51(48-26-9-6-10-27-48)45-69-72(67)76(70)71-66(73(64)58-34-17-11-28-52(58)53-29-12-18-35-59(53)73)42-50(47-24-7-5-8-25-47)44-68(71)75(69)62-38-21-15-32-56(62)57-33-16-22-39-63(57)75/h3-45H,1-2H2/b46-23+. The molecule has 3 aliphatic heterocycles. The van der Waals surface area contributed by atoms with Crippen molar-refractivity contribution in [2.24, 2.45) is 0 Å². The molecule has 6 aliphatic rings. The van der Waals surface area contributed by atoms with Gasteiger partial charge in [0.1, 0.15) is 0 Å². The van der Waals surface area contributed by atoms with Gasteiger partial charge in [-0.2, -0.15) is 0 Å². The molecule has 352 valence electrons. The van der Waals surface area contributed by atoms with Crippen LogP contribution < -0.4 is 4.90 Å². The molecule has 11 aromatic rings. The summed E-state index contributed by atoms with van der Waals surface area (Å²) in [4.78, 5) is 2.79. The Morgan fingerprint density at radius 1 is 0.289 bits per heavy atom. The number of anilines is 3. The van der Waals surface area contributed by atoms with E-state index in [-0.39, 0.29) is 0 Å². The zero-order valence-electron chi connectivity index (χ0n) is 41.7. The highest BCUT2D eigenvalue weighted by atomic mass is 15.2. The zero-order chi connectivity index (χ0) is 50.1. The lowest BCUT2D eigenvalue weighted by Crippen LogP contribution is -2.48. The summed E-state index contributed by atoms with van der Waals surface area (Å²) in [6, 6.07) is 93.5. The van der Waals surface area contributed by atoms with Gasteiger partial charge < -0.3 is 4.90 Å². The summed E-state index contributed by atoms with van der Waals surface area (Å²) in [5, 5.41) is 0. The Morgan fingerprint density at radius 3 is 0.829 bits per heavy atom. The molecule has 0 aromatic heterocycles. The number of allylic oxidation sites excluding steroid dienone is 4. The van der Waals surface area contributed by atoms with Crippen molar-refractivity contribution < 1.29 is 0 Å². The number of hydrogen-bond donors (Lipinski definition) is 0. The highest BCUT2D eigenvalue weighted by Crippen LogP contribution is 2.76. The molecular weight excluding hydrogens is 915 g/mol. The Labute approximate surface area is 443 Å². The number of hydrogen-bond acceptors (Lipinski definition) is 1. The smallest absolute Gasteiger partial charge is 0.0754 e. The number of nitrogens with zero attached hydrogens (tertiary/aromatic N) is 1. The minimum Gasteiger partial charge on any atom is -0.308 e. The molecule has 0 amide bonds. The van der Waals surface area contributed by atoms with Crippen molar-refractivity contribution in [1.82, 2.24) is 0 Å². The first-order valence-corrected chi connectivity index (χ1v) is 26.6. The van der Waals surface area contributed by atoms with Crippen LogP contribution in [0.1, 0.15) is 72.3 Å². The predicted octanol–water partition coefficient (Wildman–Crippen LogP) is 18.3. The lowest BCUT2D eigenvalue weighted by molar-refractivity contribution is 0.671. The van der Waals surface area contributed by atoms with E-state index in [9.17, 15) is 0 Å². The molecule has 3 spiro atoms. The maximum atomic E-state index is 4.51. The normalized spacial score (nSPS) is 15.6. The first kappa shape index (κ1) is 41.9. The molecule has 11 aromatic carbocycles. The first-order valence-electron chi connectivity index (χ1n) is 26.6. The number of fused-ring (bicyclic) bond motifs is 21. The van der Waals surface area contributed by atoms with Crippen molar-refractivity contribution >= 4 is 22.6 Å². The molecule has 0 radical (unpaired) electrons. The average molecular weight is 962 g/mol. The van der Waals surface area contributed by atoms with E-state index in [0.29, 0.717) is 0 Å². The van der Waals surface area contributed by atoms with Gasteiger partial charge in [-0.1, -0.05) is 238 Å². The first-order chi connectivity index (χ1) is 37.6. The molecule has 3 heterocycles. The van der Waals surface area contributed by atoms with E-state index in [4.69, 9.17) is 0 Å². The second kappa shape index (κ2) is 14.8. The zero-order valence-corrected chi connectivity index (χ0v) is 41.7. The summed E-state index contributed by atoms with van der Waals surface area (Å²) < 4.78 is 0. The van der Waals surface area contributed by atoms with Crippen LogP contribution in [0.4, 0.5) is 17.1 Å². The fourth-order valence-electron chi connectivity index (χ4n) is 15.7. The summed E-state index contributed by atoms with van der Waals surface area (Å²) in [7, 11) is 0.